The number of carboxylic acid groups (broad SMARTS) is 1. The molecule has 1 amide bonds. The number of aliphatic carboxylic acids is 1. The van der Waals surface area contributed by atoms with E-state index in [9.17, 15) is 14.7 Å². The molecule has 0 aliphatic carbocycles. The van der Waals surface area contributed by atoms with Crippen molar-refractivity contribution < 1.29 is 19.4 Å². The summed E-state index contributed by atoms with van der Waals surface area (Å²) in [7, 11) is 0. The molecule has 1 aromatic carbocycles. The zero-order chi connectivity index (χ0) is 18.5. The van der Waals surface area contributed by atoms with Crippen molar-refractivity contribution in [3.05, 3.63) is 60.2 Å². The zero-order valence-corrected chi connectivity index (χ0v) is 14.8. The van der Waals surface area contributed by atoms with Crippen LogP contribution in [0, 0.1) is 11.8 Å². The van der Waals surface area contributed by atoms with Crippen LogP contribution in [0.1, 0.15) is 18.9 Å². The smallest absolute Gasteiger partial charge is 0.230 e. The van der Waals surface area contributed by atoms with Gasteiger partial charge in [-0.2, -0.15) is 0 Å². The van der Waals surface area contributed by atoms with E-state index < -0.39 is 29.5 Å². The van der Waals surface area contributed by atoms with E-state index >= 15 is 0 Å². The van der Waals surface area contributed by atoms with Crippen LogP contribution in [0.3, 0.4) is 0 Å². The number of ether oxygens (including phenoxy) is 1. The largest absolute Gasteiger partial charge is 0.550 e. The van der Waals surface area contributed by atoms with E-state index in [-0.39, 0.29) is 11.9 Å². The Balaban J connectivity index is 1.65. The molecule has 2 fully saturated rings. The minimum atomic E-state index is -1.21. The molecule has 5 atom stereocenters. The van der Waals surface area contributed by atoms with Gasteiger partial charge in [-0.15, -0.1) is 6.58 Å². The molecule has 1 aromatic rings. The first-order valence-corrected chi connectivity index (χ1v) is 9.01. The lowest BCUT2D eigenvalue weighted by molar-refractivity contribution is -0.313. The minimum Gasteiger partial charge on any atom is -0.550 e. The molecule has 3 aliphatic heterocycles. The van der Waals surface area contributed by atoms with Gasteiger partial charge in [-0.1, -0.05) is 48.1 Å². The van der Waals surface area contributed by atoms with Crippen molar-refractivity contribution in [2.45, 2.75) is 37.5 Å². The second kappa shape index (κ2) is 6.09. The SMILES string of the molecule is C=C(C)C[C@H]1N(CCc2ccccc2)C(=O)[C@@H]2[C@@H](C(=O)[O-])[C@H]3C=C[C@]21O3. The summed E-state index contributed by atoms with van der Waals surface area (Å²) < 4.78 is 6.09. The quantitative estimate of drug-likeness (QED) is 0.719. The Morgan fingerprint density at radius 3 is 2.73 bits per heavy atom. The van der Waals surface area contributed by atoms with Crippen molar-refractivity contribution in [3.8, 4) is 0 Å². The first-order chi connectivity index (χ1) is 12.4. The van der Waals surface area contributed by atoms with Gasteiger partial charge in [0.2, 0.25) is 5.91 Å². The molecular weight excluding hydrogens is 330 g/mol. The summed E-state index contributed by atoms with van der Waals surface area (Å²) >= 11 is 0. The van der Waals surface area contributed by atoms with Gasteiger partial charge in [-0.25, -0.2) is 0 Å². The van der Waals surface area contributed by atoms with Gasteiger partial charge < -0.3 is 19.5 Å². The van der Waals surface area contributed by atoms with E-state index in [0.29, 0.717) is 19.4 Å². The number of rotatable bonds is 6. The maximum atomic E-state index is 13.2. The molecule has 3 heterocycles. The lowest BCUT2D eigenvalue weighted by Gasteiger charge is -2.33. The number of likely N-dealkylation sites (tertiary alicyclic amines) is 1. The van der Waals surface area contributed by atoms with Crippen molar-refractivity contribution in [1.82, 2.24) is 4.90 Å². The van der Waals surface area contributed by atoms with Crippen LogP contribution in [-0.4, -0.2) is 41.1 Å². The molecule has 5 heteroatoms. The van der Waals surface area contributed by atoms with E-state index in [1.807, 2.05) is 43.3 Å². The summed E-state index contributed by atoms with van der Waals surface area (Å²) in [5.41, 5.74) is 1.21. The van der Waals surface area contributed by atoms with Crippen LogP contribution in [0.2, 0.25) is 0 Å². The van der Waals surface area contributed by atoms with Gasteiger partial charge >= 0.3 is 0 Å². The number of fused-ring (bicyclic) bond motifs is 1. The molecule has 26 heavy (non-hydrogen) atoms. The highest BCUT2D eigenvalue weighted by Gasteiger charge is 2.69. The predicted molar refractivity (Wildman–Crippen MR) is 93.8 cm³/mol. The molecule has 2 bridgehead atoms. The average Bonchev–Trinajstić information content (AvgIpc) is 3.24. The first kappa shape index (κ1) is 17.0. The molecule has 0 aromatic heterocycles. The number of carbonyl (C=O) groups excluding carboxylic acids is 2. The maximum absolute atomic E-state index is 13.2. The lowest BCUT2D eigenvalue weighted by atomic mass is 9.74. The highest BCUT2D eigenvalue weighted by atomic mass is 16.5. The van der Waals surface area contributed by atoms with Crippen molar-refractivity contribution in [2.24, 2.45) is 11.8 Å². The second-order valence-corrected chi connectivity index (χ2v) is 7.56. The van der Waals surface area contributed by atoms with E-state index in [2.05, 4.69) is 6.58 Å². The van der Waals surface area contributed by atoms with E-state index in [1.54, 1.807) is 11.0 Å². The number of amides is 1. The third kappa shape index (κ3) is 2.42. The Hall–Kier alpha value is -2.40. The van der Waals surface area contributed by atoms with Gasteiger partial charge in [-0.05, 0) is 25.3 Å². The maximum Gasteiger partial charge on any atom is 0.230 e. The highest BCUT2D eigenvalue weighted by Crippen LogP contribution is 2.55. The van der Waals surface area contributed by atoms with E-state index in [0.717, 1.165) is 11.1 Å². The van der Waals surface area contributed by atoms with Crippen LogP contribution in [0.15, 0.2) is 54.6 Å². The lowest BCUT2D eigenvalue weighted by Crippen LogP contribution is -2.46. The van der Waals surface area contributed by atoms with Gasteiger partial charge in [0.05, 0.1) is 18.1 Å². The summed E-state index contributed by atoms with van der Waals surface area (Å²) in [4.78, 5) is 26.7. The molecule has 136 valence electrons. The standard InChI is InChI=1S/C21H23NO4/c1-13(2)12-16-21-10-8-15(26-21)17(20(24)25)18(21)19(23)22(16)11-9-14-6-4-3-5-7-14/h3-8,10,15-18H,1,9,11-12H2,2H3,(H,24,25)/p-1/t15-,16-,17+,18+,21-/m1/s1. The van der Waals surface area contributed by atoms with Crippen molar-refractivity contribution in [1.29, 1.82) is 0 Å². The fourth-order valence-corrected chi connectivity index (χ4v) is 4.75. The molecule has 4 rings (SSSR count). The summed E-state index contributed by atoms with van der Waals surface area (Å²) in [6.07, 6.45) is 4.41. The van der Waals surface area contributed by atoms with Gasteiger partial charge in [0.15, 0.2) is 0 Å². The predicted octanol–water partition coefficient (Wildman–Crippen LogP) is 1.10. The number of nitrogens with zero attached hydrogens (tertiary/aromatic N) is 1. The van der Waals surface area contributed by atoms with Crippen LogP contribution in [0.4, 0.5) is 0 Å². The monoisotopic (exact) mass is 352 g/mol. The van der Waals surface area contributed by atoms with Crippen LogP contribution in [0.25, 0.3) is 0 Å². The Kier molecular flexibility index (Phi) is 3.99. The summed E-state index contributed by atoms with van der Waals surface area (Å²) in [5.74, 6) is -2.98. The van der Waals surface area contributed by atoms with E-state index in [4.69, 9.17) is 4.74 Å². The van der Waals surface area contributed by atoms with Crippen LogP contribution < -0.4 is 5.11 Å². The Morgan fingerprint density at radius 2 is 2.08 bits per heavy atom. The van der Waals surface area contributed by atoms with E-state index in [1.165, 1.54) is 0 Å². The van der Waals surface area contributed by atoms with Crippen molar-refractivity contribution in [3.63, 3.8) is 0 Å². The van der Waals surface area contributed by atoms with Crippen LogP contribution in [-0.2, 0) is 20.7 Å². The zero-order valence-electron chi connectivity index (χ0n) is 14.8. The molecule has 0 N–H and O–H groups in total. The van der Waals surface area contributed by atoms with Crippen molar-refractivity contribution in [2.75, 3.05) is 6.54 Å². The molecule has 0 saturated carbocycles. The molecule has 2 saturated heterocycles. The molecule has 1 spiro atoms. The number of hydrogen-bond acceptors (Lipinski definition) is 4. The second-order valence-electron chi connectivity index (χ2n) is 7.56. The summed E-state index contributed by atoms with van der Waals surface area (Å²) in [6, 6.07) is 9.73. The Bertz CT molecular complexity index is 786. The molecule has 5 nitrogen and oxygen atoms in total. The van der Waals surface area contributed by atoms with Gasteiger partial charge in [-0.3, -0.25) is 4.79 Å². The number of benzene rings is 1. The van der Waals surface area contributed by atoms with Gasteiger partial charge in [0, 0.05) is 18.4 Å². The van der Waals surface area contributed by atoms with Crippen LogP contribution in [0.5, 0.6) is 0 Å². The molecule has 0 radical (unpaired) electrons. The fraction of sp³-hybridized carbons (Fsp3) is 0.429. The number of carboxylic acids is 1. The fourth-order valence-electron chi connectivity index (χ4n) is 4.75. The topological polar surface area (TPSA) is 69.7 Å². The summed E-state index contributed by atoms with van der Waals surface area (Å²) in [6.45, 7) is 6.45. The first-order valence-electron chi connectivity index (χ1n) is 9.01. The third-order valence-electron chi connectivity index (χ3n) is 5.83. The minimum absolute atomic E-state index is 0.145. The van der Waals surface area contributed by atoms with Crippen molar-refractivity contribution >= 4 is 11.9 Å². The Morgan fingerprint density at radius 1 is 1.35 bits per heavy atom. The molecule has 0 unspecified atom stereocenters. The highest BCUT2D eigenvalue weighted by molar-refractivity contribution is 5.91. The average molecular weight is 352 g/mol. The Labute approximate surface area is 152 Å². The van der Waals surface area contributed by atoms with Gasteiger partial charge in [0.1, 0.15) is 5.60 Å². The summed E-state index contributed by atoms with van der Waals surface area (Å²) in [5, 5.41) is 11.7. The number of hydrogen-bond donors (Lipinski definition) is 0. The number of carbonyl (C=O) groups is 2. The normalized spacial score (nSPS) is 34.3. The van der Waals surface area contributed by atoms with Crippen LogP contribution >= 0.6 is 0 Å². The molecule has 3 aliphatic rings. The van der Waals surface area contributed by atoms with Gasteiger partial charge in [0.25, 0.3) is 0 Å². The third-order valence-corrected chi connectivity index (χ3v) is 5.83. The molecular formula is C21H22NO4-.